The Morgan fingerprint density at radius 3 is 2.45 bits per heavy atom. The molecule has 0 bridgehead atoms. The molecule has 0 aromatic rings. The summed E-state index contributed by atoms with van der Waals surface area (Å²) in [6.07, 6.45) is 21.5. The van der Waals surface area contributed by atoms with E-state index < -0.39 is 0 Å². The molecule has 0 amide bonds. The molecule has 0 heteroatoms. The number of rotatable bonds is 3. The minimum absolute atomic E-state index is 0.771. The van der Waals surface area contributed by atoms with Crippen molar-refractivity contribution in [3.05, 3.63) is 47.1 Å². The van der Waals surface area contributed by atoms with Gasteiger partial charge in [0.15, 0.2) is 0 Å². The van der Waals surface area contributed by atoms with E-state index in [1.54, 1.807) is 11.1 Å². The Morgan fingerprint density at radius 2 is 1.82 bits per heavy atom. The molecule has 0 spiro atoms. The third kappa shape index (κ3) is 3.47. The minimum atomic E-state index is 0.771. The number of allylic oxidation sites excluding steroid dienone is 8. The van der Waals surface area contributed by atoms with E-state index in [-0.39, 0.29) is 0 Å². The maximum Gasteiger partial charge on any atom is -0.0173 e. The zero-order valence-corrected chi connectivity index (χ0v) is 14.6. The van der Waals surface area contributed by atoms with Crippen molar-refractivity contribution in [1.29, 1.82) is 0 Å². The van der Waals surface area contributed by atoms with Crippen molar-refractivity contribution < 1.29 is 0 Å². The lowest BCUT2D eigenvalue weighted by atomic mass is 9.66. The SMILES string of the molecule is CC1=CC=C(C2=CC(C(C)C)C(C3CC=CCC3)CC2)CC1. The summed E-state index contributed by atoms with van der Waals surface area (Å²) in [7, 11) is 0. The Labute approximate surface area is 137 Å². The largest absolute Gasteiger partial charge is 0.0885 e. The molecule has 0 saturated heterocycles. The quantitative estimate of drug-likeness (QED) is 0.513. The van der Waals surface area contributed by atoms with Gasteiger partial charge in [-0.15, -0.1) is 0 Å². The third-order valence-electron chi connectivity index (χ3n) is 6.09. The van der Waals surface area contributed by atoms with Crippen molar-refractivity contribution in [2.45, 2.75) is 65.7 Å². The van der Waals surface area contributed by atoms with Crippen molar-refractivity contribution in [2.75, 3.05) is 0 Å². The normalized spacial score (nSPS) is 32.5. The van der Waals surface area contributed by atoms with Crippen LogP contribution in [0, 0.1) is 23.7 Å². The first-order valence-corrected chi connectivity index (χ1v) is 9.37. The Bertz CT molecular complexity index is 512. The van der Waals surface area contributed by atoms with Crippen molar-refractivity contribution >= 4 is 0 Å². The lowest BCUT2D eigenvalue weighted by Gasteiger charge is -2.39. The van der Waals surface area contributed by atoms with Crippen LogP contribution in [0.2, 0.25) is 0 Å². The van der Waals surface area contributed by atoms with E-state index in [0.717, 1.165) is 23.7 Å². The summed E-state index contributed by atoms with van der Waals surface area (Å²) in [6, 6.07) is 0. The molecule has 0 saturated carbocycles. The van der Waals surface area contributed by atoms with Crippen molar-refractivity contribution in [2.24, 2.45) is 23.7 Å². The van der Waals surface area contributed by atoms with Crippen molar-refractivity contribution in [1.82, 2.24) is 0 Å². The van der Waals surface area contributed by atoms with Crippen LogP contribution >= 0.6 is 0 Å². The molecule has 3 rings (SSSR count). The molecule has 0 radical (unpaired) electrons. The first-order valence-electron chi connectivity index (χ1n) is 9.37. The van der Waals surface area contributed by atoms with E-state index in [4.69, 9.17) is 0 Å². The maximum atomic E-state index is 2.68. The van der Waals surface area contributed by atoms with Crippen LogP contribution in [0.15, 0.2) is 47.1 Å². The fourth-order valence-electron chi connectivity index (χ4n) is 4.67. The highest BCUT2D eigenvalue weighted by Crippen LogP contribution is 2.44. The summed E-state index contributed by atoms with van der Waals surface area (Å²) in [4.78, 5) is 0. The highest BCUT2D eigenvalue weighted by atomic mass is 14.4. The van der Waals surface area contributed by atoms with Gasteiger partial charge in [-0.05, 0) is 86.7 Å². The van der Waals surface area contributed by atoms with Gasteiger partial charge >= 0.3 is 0 Å². The van der Waals surface area contributed by atoms with Gasteiger partial charge in [-0.25, -0.2) is 0 Å². The van der Waals surface area contributed by atoms with Crippen LogP contribution < -0.4 is 0 Å². The number of hydrogen-bond acceptors (Lipinski definition) is 0. The first kappa shape index (κ1) is 15.8. The second-order valence-electron chi connectivity index (χ2n) is 7.97. The summed E-state index contributed by atoms with van der Waals surface area (Å²) in [6.45, 7) is 7.11. The van der Waals surface area contributed by atoms with Crippen LogP contribution in [-0.2, 0) is 0 Å². The smallest absolute Gasteiger partial charge is 0.0173 e. The van der Waals surface area contributed by atoms with Gasteiger partial charge in [-0.1, -0.05) is 49.8 Å². The maximum absolute atomic E-state index is 2.68. The summed E-state index contributed by atoms with van der Waals surface area (Å²) in [5, 5.41) is 0. The zero-order valence-electron chi connectivity index (χ0n) is 14.6. The van der Waals surface area contributed by atoms with E-state index >= 15 is 0 Å². The fourth-order valence-corrected chi connectivity index (χ4v) is 4.67. The van der Waals surface area contributed by atoms with Gasteiger partial charge in [0.25, 0.3) is 0 Å². The van der Waals surface area contributed by atoms with Crippen LogP contribution in [0.5, 0.6) is 0 Å². The molecule has 0 heterocycles. The molecule has 3 aliphatic carbocycles. The van der Waals surface area contributed by atoms with Gasteiger partial charge in [0, 0.05) is 0 Å². The molecule has 22 heavy (non-hydrogen) atoms. The Kier molecular flexibility index (Phi) is 5.06. The first-order chi connectivity index (χ1) is 10.6. The number of hydrogen-bond donors (Lipinski definition) is 0. The molecule has 0 aliphatic heterocycles. The van der Waals surface area contributed by atoms with Gasteiger partial charge in [0.1, 0.15) is 0 Å². The van der Waals surface area contributed by atoms with E-state index in [1.165, 1.54) is 50.5 Å². The molecule has 120 valence electrons. The van der Waals surface area contributed by atoms with Crippen LogP contribution in [0.25, 0.3) is 0 Å². The molecule has 3 aliphatic rings. The fraction of sp³-hybridized carbons (Fsp3) is 0.636. The molecule has 3 atom stereocenters. The van der Waals surface area contributed by atoms with Gasteiger partial charge in [0.2, 0.25) is 0 Å². The highest BCUT2D eigenvalue weighted by molar-refractivity contribution is 5.39. The van der Waals surface area contributed by atoms with Crippen LogP contribution in [0.1, 0.15) is 65.7 Å². The Balaban J connectivity index is 1.79. The van der Waals surface area contributed by atoms with E-state index in [2.05, 4.69) is 51.2 Å². The Hall–Kier alpha value is -1.04. The van der Waals surface area contributed by atoms with Gasteiger partial charge in [-0.3, -0.25) is 0 Å². The van der Waals surface area contributed by atoms with E-state index in [1.807, 2.05) is 0 Å². The van der Waals surface area contributed by atoms with Gasteiger partial charge < -0.3 is 0 Å². The summed E-state index contributed by atoms with van der Waals surface area (Å²) in [5.41, 5.74) is 4.83. The zero-order chi connectivity index (χ0) is 15.5. The van der Waals surface area contributed by atoms with E-state index in [0.29, 0.717) is 0 Å². The minimum Gasteiger partial charge on any atom is -0.0885 e. The lowest BCUT2D eigenvalue weighted by molar-refractivity contribution is 0.182. The van der Waals surface area contributed by atoms with Gasteiger partial charge in [0.05, 0.1) is 0 Å². The molecule has 0 N–H and O–H groups in total. The predicted molar refractivity (Wildman–Crippen MR) is 96.7 cm³/mol. The second kappa shape index (κ2) is 7.02. The monoisotopic (exact) mass is 296 g/mol. The third-order valence-corrected chi connectivity index (χ3v) is 6.09. The summed E-state index contributed by atoms with van der Waals surface area (Å²) in [5.74, 6) is 3.40. The highest BCUT2D eigenvalue weighted by Gasteiger charge is 2.33. The average molecular weight is 296 g/mol. The second-order valence-corrected chi connectivity index (χ2v) is 7.97. The van der Waals surface area contributed by atoms with Gasteiger partial charge in [-0.2, -0.15) is 0 Å². The molecule has 0 aromatic heterocycles. The average Bonchev–Trinajstić information content (AvgIpc) is 2.56. The molecule has 0 aromatic carbocycles. The molecule has 3 unspecified atom stereocenters. The van der Waals surface area contributed by atoms with Crippen molar-refractivity contribution in [3.8, 4) is 0 Å². The molecule has 0 fully saturated rings. The molecule has 0 nitrogen and oxygen atoms in total. The summed E-state index contributed by atoms with van der Waals surface area (Å²) >= 11 is 0. The lowest BCUT2D eigenvalue weighted by Crippen LogP contribution is -2.30. The van der Waals surface area contributed by atoms with Crippen LogP contribution in [0.4, 0.5) is 0 Å². The predicted octanol–water partition coefficient (Wildman–Crippen LogP) is 6.62. The van der Waals surface area contributed by atoms with E-state index in [9.17, 15) is 0 Å². The topological polar surface area (TPSA) is 0 Å². The standard InChI is InChI=1S/C22H32/c1-16(2)22-15-20(18-11-9-17(3)10-12-18)13-14-21(22)19-7-5-4-6-8-19/h4-5,9,11,15-16,19,21-22H,6-8,10,12-14H2,1-3H3. The molecular weight excluding hydrogens is 264 g/mol. The van der Waals surface area contributed by atoms with Crippen LogP contribution in [0.3, 0.4) is 0 Å². The Morgan fingerprint density at radius 1 is 0.955 bits per heavy atom. The molecular formula is C22H32. The summed E-state index contributed by atoms with van der Waals surface area (Å²) < 4.78 is 0. The van der Waals surface area contributed by atoms with Crippen LogP contribution in [-0.4, -0.2) is 0 Å². The van der Waals surface area contributed by atoms with Crippen molar-refractivity contribution in [3.63, 3.8) is 0 Å².